The molecule has 1 heterocycles. The predicted octanol–water partition coefficient (Wildman–Crippen LogP) is 2.71. The summed E-state index contributed by atoms with van der Waals surface area (Å²) < 4.78 is 0. The molecular formula is C9H10O2S2. The standard InChI is InChI=1S/C9H10O2S2/c1-12-6-8-4-7(5-13-8)2-3-9(10)11/h2-5H,6H2,1H3,(H,10,11). The van der Waals surface area contributed by atoms with Crippen LogP contribution in [0.25, 0.3) is 6.08 Å². The summed E-state index contributed by atoms with van der Waals surface area (Å²) in [5.41, 5.74) is 0.969. The fourth-order valence-electron chi connectivity index (χ4n) is 0.871. The van der Waals surface area contributed by atoms with E-state index in [0.717, 1.165) is 17.4 Å². The summed E-state index contributed by atoms with van der Waals surface area (Å²) in [5, 5.41) is 10.4. The molecule has 0 aromatic carbocycles. The third-order valence-corrected chi connectivity index (χ3v) is 3.12. The van der Waals surface area contributed by atoms with E-state index in [4.69, 9.17) is 5.11 Å². The van der Waals surface area contributed by atoms with Gasteiger partial charge in [0.2, 0.25) is 0 Å². The average molecular weight is 214 g/mol. The Labute approximate surface area is 85.3 Å². The van der Waals surface area contributed by atoms with E-state index in [1.807, 2.05) is 17.7 Å². The summed E-state index contributed by atoms with van der Waals surface area (Å²) in [4.78, 5) is 11.5. The van der Waals surface area contributed by atoms with E-state index < -0.39 is 5.97 Å². The molecular weight excluding hydrogens is 204 g/mol. The van der Waals surface area contributed by atoms with Crippen LogP contribution in [-0.4, -0.2) is 17.3 Å². The molecule has 0 amide bonds. The van der Waals surface area contributed by atoms with Crippen molar-refractivity contribution in [2.75, 3.05) is 6.26 Å². The summed E-state index contributed by atoms with van der Waals surface area (Å²) in [6.07, 6.45) is 4.82. The first-order chi connectivity index (χ1) is 6.22. The van der Waals surface area contributed by atoms with Gasteiger partial charge in [-0.3, -0.25) is 0 Å². The molecule has 0 fully saturated rings. The lowest BCUT2D eigenvalue weighted by Crippen LogP contribution is -1.84. The van der Waals surface area contributed by atoms with Gasteiger partial charge >= 0.3 is 5.97 Å². The summed E-state index contributed by atoms with van der Waals surface area (Å²) in [6, 6.07) is 2.01. The zero-order chi connectivity index (χ0) is 9.68. The van der Waals surface area contributed by atoms with Crippen molar-refractivity contribution in [3.05, 3.63) is 28.0 Å². The predicted molar refractivity (Wildman–Crippen MR) is 58.2 cm³/mol. The monoisotopic (exact) mass is 214 g/mol. The highest BCUT2D eigenvalue weighted by atomic mass is 32.2. The highest BCUT2D eigenvalue weighted by Crippen LogP contribution is 2.19. The van der Waals surface area contributed by atoms with Gasteiger partial charge < -0.3 is 5.11 Å². The largest absolute Gasteiger partial charge is 0.478 e. The third-order valence-electron chi connectivity index (χ3n) is 1.38. The highest BCUT2D eigenvalue weighted by Gasteiger charge is 1.96. The minimum Gasteiger partial charge on any atom is -0.478 e. The van der Waals surface area contributed by atoms with Crippen LogP contribution in [0.2, 0.25) is 0 Å². The summed E-state index contributed by atoms with van der Waals surface area (Å²) in [7, 11) is 0. The molecule has 0 unspecified atom stereocenters. The molecule has 1 rings (SSSR count). The van der Waals surface area contributed by atoms with Gasteiger partial charge in [0.25, 0.3) is 0 Å². The zero-order valence-electron chi connectivity index (χ0n) is 7.19. The van der Waals surface area contributed by atoms with Gasteiger partial charge in [-0.05, 0) is 29.3 Å². The van der Waals surface area contributed by atoms with Crippen molar-refractivity contribution >= 4 is 35.1 Å². The van der Waals surface area contributed by atoms with E-state index in [1.165, 1.54) is 4.88 Å². The minimum absolute atomic E-state index is 0.905. The van der Waals surface area contributed by atoms with Gasteiger partial charge in [-0.15, -0.1) is 11.3 Å². The van der Waals surface area contributed by atoms with Crippen LogP contribution in [-0.2, 0) is 10.5 Å². The fourth-order valence-corrected chi connectivity index (χ4v) is 2.50. The smallest absolute Gasteiger partial charge is 0.328 e. The number of carbonyl (C=O) groups is 1. The molecule has 13 heavy (non-hydrogen) atoms. The molecule has 1 aromatic rings. The molecule has 0 saturated carbocycles. The van der Waals surface area contributed by atoms with Crippen LogP contribution >= 0.6 is 23.1 Å². The van der Waals surface area contributed by atoms with Crippen molar-refractivity contribution in [1.82, 2.24) is 0 Å². The van der Waals surface area contributed by atoms with Gasteiger partial charge in [-0.25, -0.2) is 4.79 Å². The molecule has 0 atom stereocenters. The van der Waals surface area contributed by atoms with Gasteiger partial charge in [0, 0.05) is 16.7 Å². The molecule has 0 radical (unpaired) electrons. The summed E-state index contributed by atoms with van der Waals surface area (Å²) in [6.45, 7) is 0. The Bertz CT molecular complexity index is 315. The maximum Gasteiger partial charge on any atom is 0.328 e. The Kier molecular flexibility index (Phi) is 4.05. The topological polar surface area (TPSA) is 37.3 Å². The zero-order valence-corrected chi connectivity index (χ0v) is 8.82. The van der Waals surface area contributed by atoms with E-state index in [-0.39, 0.29) is 0 Å². The van der Waals surface area contributed by atoms with Crippen molar-refractivity contribution in [2.24, 2.45) is 0 Å². The van der Waals surface area contributed by atoms with Gasteiger partial charge in [-0.2, -0.15) is 11.8 Å². The lowest BCUT2D eigenvalue weighted by Gasteiger charge is -1.87. The molecule has 4 heteroatoms. The van der Waals surface area contributed by atoms with Gasteiger partial charge in [0.15, 0.2) is 0 Å². The molecule has 70 valence electrons. The lowest BCUT2D eigenvalue weighted by atomic mass is 10.3. The highest BCUT2D eigenvalue weighted by molar-refractivity contribution is 7.97. The van der Waals surface area contributed by atoms with E-state index in [9.17, 15) is 4.79 Å². The number of aliphatic carboxylic acids is 1. The summed E-state index contributed by atoms with van der Waals surface area (Å²) >= 11 is 3.42. The van der Waals surface area contributed by atoms with Crippen LogP contribution in [0, 0.1) is 0 Å². The van der Waals surface area contributed by atoms with Crippen molar-refractivity contribution < 1.29 is 9.90 Å². The molecule has 0 spiro atoms. The van der Waals surface area contributed by atoms with Crippen LogP contribution < -0.4 is 0 Å². The Morgan fingerprint density at radius 1 is 1.77 bits per heavy atom. The van der Waals surface area contributed by atoms with Gasteiger partial charge in [0.05, 0.1) is 0 Å². The Morgan fingerprint density at radius 3 is 3.15 bits per heavy atom. The number of carboxylic acids is 1. The van der Waals surface area contributed by atoms with Crippen molar-refractivity contribution in [2.45, 2.75) is 5.75 Å². The number of thioether (sulfide) groups is 1. The second kappa shape index (κ2) is 5.09. The number of hydrogen-bond donors (Lipinski definition) is 1. The molecule has 0 saturated heterocycles. The molecule has 0 aliphatic heterocycles. The van der Waals surface area contributed by atoms with E-state index >= 15 is 0 Å². The molecule has 0 bridgehead atoms. The summed E-state index contributed by atoms with van der Waals surface area (Å²) in [5.74, 6) is 0.0867. The van der Waals surface area contributed by atoms with Crippen LogP contribution in [0.5, 0.6) is 0 Å². The Hall–Kier alpha value is -0.740. The number of thiophene rings is 1. The van der Waals surface area contributed by atoms with E-state index in [0.29, 0.717) is 0 Å². The van der Waals surface area contributed by atoms with Crippen LogP contribution in [0.4, 0.5) is 0 Å². The number of hydrogen-bond acceptors (Lipinski definition) is 3. The number of carboxylic acid groups (broad SMARTS) is 1. The van der Waals surface area contributed by atoms with Gasteiger partial charge in [-0.1, -0.05) is 0 Å². The van der Waals surface area contributed by atoms with E-state index in [1.54, 1.807) is 29.2 Å². The molecule has 0 aliphatic carbocycles. The Balaban J connectivity index is 2.63. The first kappa shape index (κ1) is 10.3. The van der Waals surface area contributed by atoms with Crippen LogP contribution in [0.3, 0.4) is 0 Å². The third kappa shape index (κ3) is 3.65. The van der Waals surface area contributed by atoms with Crippen LogP contribution in [0.15, 0.2) is 17.5 Å². The SMILES string of the molecule is CSCc1cc(C=CC(=O)O)cs1. The Morgan fingerprint density at radius 2 is 2.54 bits per heavy atom. The first-order valence-corrected chi connectivity index (χ1v) is 5.97. The van der Waals surface area contributed by atoms with Crippen molar-refractivity contribution in [3.63, 3.8) is 0 Å². The quantitative estimate of drug-likeness (QED) is 0.783. The molecule has 1 N–H and O–H groups in total. The molecule has 0 aliphatic rings. The second-order valence-corrected chi connectivity index (χ2v) is 4.31. The maximum absolute atomic E-state index is 10.2. The minimum atomic E-state index is -0.905. The lowest BCUT2D eigenvalue weighted by molar-refractivity contribution is -0.131. The molecule has 1 aromatic heterocycles. The van der Waals surface area contributed by atoms with Crippen LogP contribution in [0.1, 0.15) is 10.4 Å². The van der Waals surface area contributed by atoms with E-state index in [2.05, 4.69) is 0 Å². The average Bonchev–Trinajstić information content (AvgIpc) is 2.50. The number of rotatable bonds is 4. The maximum atomic E-state index is 10.2. The normalized spacial score (nSPS) is 10.8. The van der Waals surface area contributed by atoms with Crippen molar-refractivity contribution in [3.8, 4) is 0 Å². The fraction of sp³-hybridized carbons (Fsp3) is 0.222. The first-order valence-electron chi connectivity index (χ1n) is 3.69. The molecule has 2 nitrogen and oxygen atoms in total. The second-order valence-electron chi connectivity index (χ2n) is 2.45. The van der Waals surface area contributed by atoms with Gasteiger partial charge in [0.1, 0.15) is 0 Å². The van der Waals surface area contributed by atoms with Crippen molar-refractivity contribution in [1.29, 1.82) is 0 Å².